The van der Waals surface area contributed by atoms with Crippen LogP contribution in [0.5, 0.6) is 0 Å². The molecular formula is C23H32N4O3. The van der Waals surface area contributed by atoms with Crippen LogP contribution in [-0.2, 0) is 17.8 Å². The van der Waals surface area contributed by atoms with Crippen LogP contribution in [0, 0.1) is 5.92 Å². The van der Waals surface area contributed by atoms with E-state index in [-0.39, 0.29) is 5.91 Å². The molecule has 1 fully saturated rings. The number of rotatable bonds is 12. The fourth-order valence-corrected chi connectivity index (χ4v) is 2.92. The van der Waals surface area contributed by atoms with Gasteiger partial charge in [-0.15, -0.1) is 0 Å². The summed E-state index contributed by atoms with van der Waals surface area (Å²) < 4.78 is 10.9. The van der Waals surface area contributed by atoms with E-state index in [1.165, 1.54) is 12.8 Å². The van der Waals surface area contributed by atoms with Gasteiger partial charge < -0.3 is 25.1 Å². The first-order valence-corrected chi connectivity index (χ1v) is 10.7. The van der Waals surface area contributed by atoms with E-state index in [1.54, 1.807) is 18.4 Å². The molecule has 3 rings (SSSR count). The molecule has 0 unspecified atom stereocenters. The number of guanidine groups is 1. The second-order valence-electron chi connectivity index (χ2n) is 7.46. The first-order valence-electron chi connectivity index (χ1n) is 10.7. The lowest BCUT2D eigenvalue weighted by Crippen LogP contribution is -2.38. The van der Waals surface area contributed by atoms with Crippen molar-refractivity contribution in [2.24, 2.45) is 10.9 Å². The summed E-state index contributed by atoms with van der Waals surface area (Å²) in [5.74, 6) is 2.17. The van der Waals surface area contributed by atoms with Crippen molar-refractivity contribution in [1.82, 2.24) is 16.0 Å². The molecule has 1 aromatic carbocycles. The van der Waals surface area contributed by atoms with E-state index in [0.717, 1.165) is 55.9 Å². The molecule has 7 heteroatoms. The molecule has 0 atom stereocenters. The van der Waals surface area contributed by atoms with Gasteiger partial charge in [0.1, 0.15) is 5.76 Å². The lowest BCUT2D eigenvalue weighted by Gasteiger charge is -2.11. The molecule has 30 heavy (non-hydrogen) atoms. The van der Waals surface area contributed by atoms with Gasteiger partial charge >= 0.3 is 0 Å². The van der Waals surface area contributed by atoms with Crippen molar-refractivity contribution in [1.29, 1.82) is 0 Å². The van der Waals surface area contributed by atoms with E-state index in [9.17, 15) is 4.79 Å². The molecule has 1 aliphatic rings. The fraction of sp³-hybridized carbons (Fsp3) is 0.478. The molecule has 3 N–H and O–H groups in total. The molecule has 1 amide bonds. The van der Waals surface area contributed by atoms with E-state index in [0.29, 0.717) is 18.7 Å². The molecule has 0 radical (unpaired) electrons. The number of aliphatic imine (C=N–C) groups is 1. The Balaban J connectivity index is 1.44. The van der Waals surface area contributed by atoms with Crippen LogP contribution in [-0.4, -0.2) is 38.2 Å². The van der Waals surface area contributed by atoms with E-state index >= 15 is 0 Å². The molecule has 0 saturated heterocycles. The molecule has 162 valence electrons. The van der Waals surface area contributed by atoms with Gasteiger partial charge in [0.2, 0.25) is 0 Å². The predicted octanol–water partition coefficient (Wildman–Crippen LogP) is 3.08. The molecule has 0 aliphatic heterocycles. The summed E-state index contributed by atoms with van der Waals surface area (Å²) in [5, 5.41) is 9.45. The second kappa shape index (κ2) is 12.0. The minimum absolute atomic E-state index is 0.131. The topological polar surface area (TPSA) is 87.9 Å². The number of nitrogens with zero attached hydrogens (tertiary/aromatic N) is 1. The van der Waals surface area contributed by atoms with Crippen LogP contribution in [0.15, 0.2) is 52.1 Å². The summed E-state index contributed by atoms with van der Waals surface area (Å²) in [5.41, 5.74) is 1.59. The molecule has 2 aromatic rings. The average molecular weight is 413 g/mol. The van der Waals surface area contributed by atoms with Gasteiger partial charge in [0.15, 0.2) is 5.96 Å². The lowest BCUT2D eigenvalue weighted by molar-refractivity contribution is 0.0948. The van der Waals surface area contributed by atoms with Crippen molar-refractivity contribution >= 4 is 11.9 Å². The van der Waals surface area contributed by atoms with Crippen LogP contribution < -0.4 is 16.0 Å². The van der Waals surface area contributed by atoms with Gasteiger partial charge in [-0.1, -0.05) is 12.1 Å². The smallest absolute Gasteiger partial charge is 0.251 e. The largest absolute Gasteiger partial charge is 0.467 e. The van der Waals surface area contributed by atoms with Crippen LogP contribution in [0.25, 0.3) is 0 Å². The zero-order valence-electron chi connectivity index (χ0n) is 17.7. The number of carbonyl (C=O) groups excluding carboxylic acids is 1. The summed E-state index contributed by atoms with van der Waals surface area (Å²) >= 11 is 0. The molecule has 7 nitrogen and oxygen atoms in total. The van der Waals surface area contributed by atoms with E-state index in [1.807, 2.05) is 31.2 Å². The number of hydrogen-bond donors (Lipinski definition) is 3. The zero-order valence-corrected chi connectivity index (χ0v) is 17.7. The standard InChI is InChI=1S/C23H32N4O3/c1-2-24-23(25-11-5-12-29-17-18-9-10-18)27-15-19-6-3-7-20(14-19)22(28)26-16-21-8-4-13-30-21/h3-4,6-8,13-14,18H,2,5,9-12,15-17H2,1H3,(H,26,28)(H2,24,25,27). The molecule has 1 saturated carbocycles. The summed E-state index contributed by atoms with van der Waals surface area (Å²) in [7, 11) is 0. The maximum atomic E-state index is 12.4. The van der Waals surface area contributed by atoms with Gasteiger partial charge in [-0.2, -0.15) is 0 Å². The van der Waals surface area contributed by atoms with Gasteiger partial charge in [0.05, 0.1) is 19.4 Å². The third-order valence-corrected chi connectivity index (χ3v) is 4.76. The predicted molar refractivity (Wildman–Crippen MR) is 117 cm³/mol. The van der Waals surface area contributed by atoms with Gasteiger partial charge in [0.25, 0.3) is 5.91 Å². The normalized spacial score (nSPS) is 13.8. The van der Waals surface area contributed by atoms with Crippen LogP contribution >= 0.6 is 0 Å². The van der Waals surface area contributed by atoms with Crippen molar-refractivity contribution in [2.75, 3.05) is 26.3 Å². The highest BCUT2D eigenvalue weighted by Gasteiger charge is 2.20. The number of carbonyl (C=O) groups is 1. The number of amides is 1. The van der Waals surface area contributed by atoms with E-state index < -0.39 is 0 Å². The van der Waals surface area contributed by atoms with Crippen molar-refractivity contribution in [3.05, 3.63) is 59.5 Å². The first-order chi connectivity index (χ1) is 14.7. The monoisotopic (exact) mass is 412 g/mol. The Morgan fingerprint density at radius 2 is 2.10 bits per heavy atom. The van der Waals surface area contributed by atoms with Gasteiger partial charge in [-0.05, 0) is 61.9 Å². The summed E-state index contributed by atoms with van der Waals surface area (Å²) in [6.07, 6.45) is 5.18. The molecule has 1 heterocycles. The first kappa shape index (κ1) is 21.9. The van der Waals surface area contributed by atoms with E-state index in [4.69, 9.17) is 9.15 Å². The van der Waals surface area contributed by atoms with Crippen molar-refractivity contribution < 1.29 is 13.9 Å². The number of benzene rings is 1. The van der Waals surface area contributed by atoms with Crippen molar-refractivity contribution in [3.8, 4) is 0 Å². The SMILES string of the molecule is CCNC(=NCc1cccc(C(=O)NCc2ccco2)c1)NCCCOCC1CC1. The van der Waals surface area contributed by atoms with Crippen LogP contribution in [0.2, 0.25) is 0 Å². The maximum Gasteiger partial charge on any atom is 0.251 e. The van der Waals surface area contributed by atoms with Crippen molar-refractivity contribution in [3.63, 3.8) is 0 Å². The van der Waals surface area contributed by atoms with E-state index in [2.05, 4.69) is 20.9 Å². The molecule has 1 aliphatic carbocycles. The highest BCUT2D eigenvalue weighted by molar-refractivity contribution is 5.94. The summed E-state index contributed by atoms with van der Waals surface area (Å²) in [6.45, 7) is 6.18. The Morgan fingerprint density at radius 3 is 2.87 bits per heavy atom. The Labute approximate surface area is 178 Å². The quantitative estimate of drug-likeness (QED) is 0.283. The Kier molecular flexibility index (Phi) is 8.78. The number of ether oxygens (including phenoxy) is 1. The third-order valence-electron chi connectivity index (χ3n) is 4.76. The lowest BCUT2D eigenvalue weighted by atomic mass is 10.1. The number of hydrogen-bond acceptors (Lipinski definition) is 4. The van der Waals surface area contributed by atoms with Crippen LogP contribution in [0.3, 0.4) is 0 Å². The average Bonchev–Trinajstić information content (AvgIpc) is 3.44. The van der Waals surface area contributed by atoms with Crippen LogP contribution in [0.1, 0.15) is 47.9 Å². The maximum absolute atomic E-state index is 12.4. The second-order valence-corrected chi connectivity index (χ2v) is 7.46. The highest BCUT2D eigenvalue weighted by atomic mass is 16.5. The van der Waals surface area contributed by atoms with Gasteiger partial charge in [-0.3, -0.25) is 4.79 Å². The summed E-state index contributed by atoms with van der Waals surface area (Å²) in [6, 6.07) is 11.2. The Hall–Kier alpha value is -2.80. The fourth-order valence-electron chi connectivity index (χ4n) is 2.92. The molecular weight excluding hydrogens is 380 g/mol. The number of nitrogens with one attached hydrogen (secondary N) is 3. The molecule has 1 aromatic heterocycles. The molecule has 0 spiro atoms. The van der Waals surface area contributed by atoms with Crippen molar-refractivity contribution in [2.45, 2.75) is 39.3 Å². The minimum atomic E-state index is -0.131. The minimum Gasteiger partial charge on any atom is -0.467 e. The van der Waals surface area contributed by atoms with Gasteiger partial charge in [0, 0.05) is 31.9 Å². The highest BCUT2D eigenvalue weighted by Crippen LogP contribution is 2.28. The molecule has 0 bridgehead atoms. The van der Waals surface area contributed by atoms with Crippen LogP contribution in [0.4, 0.5) is 0 Å². The third kappa shape index (κ3) is 7.91. The number of furan rings is 1. The van der Waals surface area contributed by atoms with Gasteiger partial charge in [-0.25, -0.2) is 4.99 Å². The Morgan fingerprint density at radius 1 is 1.20 bits per heavy atom. The zero-order chi connectivity index (χ0) is 21.0. The Bertz CT molecular complexity index is 801. The summed E-state index contributed by atoms with van der Waals surface area (Å²) in [4.78, 5) is 17.0.